The van der Waals surface area contributed by atoms with Crippen LogP contribution in [-0.4, -0.2) is 34.9 Å². The Hall–Kier alpha value is -2.15. The van der Waals surface area contributed by atoms with E-state index in [2.05, 4.69) is 15.2 Å². The highest BCUT2D eigenvalue weighted by Crippen LogP contribution is 2.31. The van der Waals surface area contributed by atoms with E-state index in [9.17, 15) is 9.18 Å². The van der Waals surface area contributed by atoms with Crippen molar-refractivity contribution in [2.45, 2.75) is 31.7 Å². The second-order valence-electron chi connectivity index (χ2n) is 7.26. The van der Waals surface area contributed by atoms with E-state index in [1.807, 2.05) is 13.0 Å². The summed E-state index contributed by atoms with van der Waals surface area (Å²) >= 11 is 11.8. The molecule has 1 unspecified atom stereocenters. The molecule has 1 fully saturated rings. The lowest BCUT2D eigenvalue weighted by Crippen LogP contribution is -2.45. The second-order valence-corrected chi connectivity index (χ2v) is 8.14. The number of hydrogen-bond acceptors (Lipinski definition) is 4. The number of amides is 1. The predicted octanol–water partition coefficient (Wildman–Crippen LogP) is 5.48. The van der Waals surface area contributed by atoms with Crippen molar-refractivity contribution in [3.8, 4) is 0 Å². The number of anilines is 1. The molecule has 0 radical (unpaired) electrons. The minimum Gasteiger partial charge on any atom is -0.440 e. The van der Waals surface area contributed by atoms with Crippen LogP contribution in [0.2, 0.25) is 10.0 Å². The molecular weight excluding hydrogens is 416 g/mol. The number of rotatable bonds is 4. The molecule has 0 aliphatic carbocycles. The Labute approximate surface area is 177 Å². The molecule has 0 saturated carbocycles. The third kappa shape index (κ3) is 4.39. The maximum absolute atomic E-state index is 13.9. The number of nitrogens with zero attached hydrogens (tertiary/aromatic N) is 2. The zero-order chi connectivity index (χ0) is 20.5. The Kier molecular flexibility index (Phi) is 5.76. The van der Waals surface area contributed by atoms with Gasteiger partial charge >= 0.3 is 0 Å². The van der Waals surface area contributed by atoms with Gasteiger partial charge in [-0.3, -0.25) is 9.69 Å². The number of piperidine rings is 1. The van der Waals surface area contributed by atoms with E-state index in [0.29, 0.717) is 10.9 Å². The van der Waals surface area contributed by atoms with Crippen molar-refractivity contribution in [3.63, 3.8) is 0 Å². The molecule has 4 rings (SSSR count). The number of halogens is 3. The molecule has 29 heavy (non-hydrogen) atoms. The maximum Gasteiger partial charge on any atom is 0.241 e. The van der Waals surface area contributed by atoms with Crippen molar-refractivity contribution in [1.82, 2.24) is 9.88 Å². The summed E-state index contributed by atoms with van der Waals surface area (Å²) in [6, 6.07) is 9.21. The van der Waals surface area contributed by atoms with Crippen molar-refractivity contribution in [2.24, 2.45) is 0 Å². The van der Waals surface area contributed by atoms with Gasteiger partial charge in [-0.1, -0.05) is 23.2 Å². The summed E-state index contributed by atoms with van der Waals surface area (Å²) in [4.78, 5) is 19.2. The molecule has 0 bridgehead atoms. The molecule has 1 amide bonds. The maximum atomic E-state index is 13.9. The van der Waals surface area contributed by atoms with Crippen molar-refractivity contribution < 1.29 is 13.6 Å². The number of aromatic nitrogens is 1. The van der Waals surface area contributed by atoms with Crippen molar-refractivity contribution in [1.29, 1.82) is 0 Å². The Morgan fingerprint density at radius 1 is 1.21 bits per heavy atom. The first-order valence-electron chi connectivity index (χ1n) is 9.46. The fraction of sp³-hybridized carbons (Fsp3) is 0.333. The van der Waals surface area contributed by atoms with E-state index >= 15 is 0 Å². The quantitative estimate of drug-likeness (QED) is 0.589. The first-order valence-corrected chi connectivity index (χ1v) is 10.2. The van der Waals surface area contributed by atoms with Crippen LogP contribution in [0, 0.1) is 5.82 Å². The number of fused-ring (bicyclic) bond motifs is 1. The standard InChI is InChI=1S/C21H20Cl2FN3O2/c1-12(20(28)25-17-4-2-14(22)10-16(17)24)27-8-6-13(7-9-27)21-26-18-11-15(23)3-5-19(18)29-21/h2-5,10-13H,6-9H2,1H3,(H,25,28). The van der Waals surface area contributed by atoms with Gasteiger partial charge in [0.25, 0.3) is 0 Å². The van der Waals surface area contributed by atoms with Crippen LogP contribution >= 0.6 is 23.2 Å². The third-order valence-electron chi connectivity index (χ3n) is 5.36. The van der Waals surface area contributed by atoms with Crippen LogP contribution in [0.1, 0.15) is 31.6 Å². The van der Waals surface area contributed by atoms with Gasteiger partial charge in [-0.15, -0.1) is 0 Å². The highest BCUT2D eigenvalue weighted by Gasteiger charge is 2.29. The minimum atomic E-state index is -0.548. The van der Waals surface area contributed by atoms with Crippen LogP contribution in [0.3, 0.4) is 0 Å². The Balaban J connectivity index is 1.37. The van der Waals surface area contributed by atoms with Gasteiger partial charge in [0.05, 0.1) is 11.7 Å². The van der Waals surface area contributed by atoms with Gasteiger partial charge in [-0.2, -0.15) is 0 Å². The van der Waals surface area contributed by atoms with Crippen molar-refractivity contribution in [3.05, 3.63) is 58.2 Å². The van der Waals surface area contributed by atoms with Crippen LogP contribution in [0.5, 0.6) is 0 Å². The molecule has 1 atom stereocenters. The van der Waals surface area contributed by atoms with Gasteiger partial charge in [0.15, 0.2) is 11.5 Å². The fourth-order valence-corrected chi connectivity index (χ4v) is 3.95. The summed E-state index contributed by atoms with van der Waals surface area (Å²) in [6.45, 7) is 3.27. The van der Waals surface area contributed by atoms with Crippen LogP contribution in [0.15, 0.2) is 40.8 Å². The predicted molar refractivity (Wildman–Crippen MR) is 112 cm³/mol. The number of nitrogens with one attached hydrogen (secondary N) is 1. The Morgan fingerprint density at radius 3 is 2.62 bits per heavy atom. The molecular formula is C21H20Cl2FN3O2. The van der Waals surface area contributed by atoms with Crippen molar-refractivity contribution >= 4 is 45.9 Å². The normalized spacial score (nSPS) is 16.8. The smallest absolute Gasteiger partial charge is 0.241 e. The SMILES string of the molecule is CC(C(=O)Nc1ccc(Cl)cc1F)N1CCC(c2nc3cc(Cl)ccc3o2)CC1. The van der Waals surface area contributed by atoms with Gasteiger partial charge in [0, 0.05) is 16.0 Å². The molecule has 1 aliphatic heterocycles. The molecule has 1 saturated heterocycles. The zero-order valence-electron chi connectivity index (χ0n) is 15.8. The molecule has 2 heterocycles. The second kappa shape index (κ2) is 8.30. The lowest BCUT2D eigenvalue weighted by molar-refractivity contribution is -0.121. The average Bonchev–Trinajstić information content (AvgIpc) is 3.12. The minimum absolute atomic E-state index is 0.131. The summed E-state index contributed by atoms with van der Waals surface area (Å²) in [5, 5.41) is 3.56. The molecule has 8 heteroatoms. The molecule has 0 spiro atoms. The van der Waals surface area contributed by atoms with Crippen molar-refractivity contribution in [2.75, 3.05) is 18.4 Å². The summed E-state index contributed by atoms with van der Waals surface area (Å²) in [5.41, 5.74) is 1.61. The monoisotopic (exact) mass is 435 g/mol. The van der Waals surface area contributed by atoms with Crippen LogP contribution in [0.25, 0.3) is 11.1 Å². The van der Waals surface area contributed by atoms with Gasteiger partial charge in [-0.05, 0) is 69.3 Å². The van der Waals surface area contributed by atoms with Crippen LogP contribution in [-0.2, 0) is 4.79 Å². The van der Waals surface area contributed by atoms with E-state index < -0.39 is 5.82 Å². The number of hydrogen-bond donors (Lipinski definition) is 1. The van der Waals surface area contributed by atoms with Gasteiger partial charge in [0.2, 0.25) is 5.91 Å². The largest absolute Gasteiger partial charge is 0.440 e. The van der Waals surface area contributed by atoms with Gasteiger partial charge in [0.1, 0.15) is 11.3 Å². The van der Waals surface area contributed by atoms with E-state index in [1.165, 1.54) is 12.1 Å². The first kappa shape index (κ1) is 20.1. The van der Waals surface area contributed by atoms with E-state index in [0.717, 1.165) is 37.0 Å². The number of carbonyl (C=O) groups is 1. The number of carbonyl (C=O) groups excluding carboxylic acids is 1. The average molecular weight is 436 g/mol. The molecule has 2 aromatic carbocycles. The van der Waals surface area contributed by atoms with E-state index in [4.69, 9.17) is 27.6 Å². The molecule has 3 aromatic rings. The third-order valence-corrected chi connectivity index (χ3v) is 5.83. The topological polar surface area (TPSA) is 58.4 Å². The Morgan fingerprint density at radius 2 is 1.90 bits per heavy atom. The Bertz CT molecular complexity index is 1050. The summed E-state index contributed by atoms with van der Waals surface area (Å²) in [5.74, 6) is 0.109. The molecule has 1 aliphatic rings. The number of likely N-dealkylation sites (tertiary alicyclic amines) is 1. The van der Waals surface area contributed by atoms with E-state index in [1.54, 1.807) is 18.2 Å². The van der Waals surface area contributed by atoms with E-state index in [-0.39, 0.29) is 28.6 Å². The molecule has 5 nitrogen and oxygen atoms in total. The number of benzene rings is 2. The lowest BCUT2D eigenvalue weighted by Gasteiger charge is -2.34. The highest BCUT2D eigenvalue weighted by atomic mass is 35.5. The summed E-state index contributed by atoms with van der Waals surface area (Å²) in [7, 11) is 0. The van der Waals surface area contributed by atoms with Gasteiger partial charge in [-0.25, -0.2) is 9.37 Å². The summed E-state index contributed by atoms with van der Waals surface area (Å²) in [6.07, 6.45) is 1.65. The molecule has 1 N–H and O–H groups in total. The fourth-order valence-electron chi connectivity index (χ4n) is 3.62. The van der Waals surface area contributed by atoms with Crippen LogP contribution in [0.4, 0.5) is 10.1 Å². The van der Waals surface area contributed by atoms with Crippen LogP contribution < -0.4 is 5.32 Å². The molecule has 152 valence electrons. The highest BCUT2D eigenvalue weighted by molar-refractivity contribution is 6.31. The summed E-state index contributed by atoms with van der Waals surface area (Å²) < 4.78 is 19.8. The number of oxazole rings is 1. The zero-order valence-corrected chi connectivity index (χ0v) is 17.3. The van der Waals surface area contributed by atoms with Gasteiger partial charge < -0.3 is 9.73 Å². The molecule has 1 aromatic heterocycles. The lowest BCUT2D eigenvalue weighted by atomic mass is 9.95. The first-order chi connectivity index (χ1) is 13.9.